The molecule has 2 amide bonds. The molecule has 0 aliphatic carbocycles. The molecule has 1 saturated heterocycles. The predicted octanol–water partition coefficient (Wildman–Crippen LogP) is 1.64. The number of rotatable bonds is 3. The molecule has 1 fully saturated rings. The molecule has 0 atom stereocenters. The molecular formula is C24H21N5O3. The van der Waals surface area contributed by atoms with Crippen LogP contribution in [0.5, 0.6) is 5.75 Å². The van der Waals surface area contributed by atoms with Gasteiger partial charge in [-0.3, -0.25) is 19.6 Å². The molecule has 8 nitrogen and oxygen atoms in total. The first-order chi connectivity index (χ1) is 15.5. The second-order valence-electron chi connectivity index (χ2n) is 7.33. The fraction of sp³-hybridized carbons (Fsp3) is 0.167. The first-order valence-electron chi connectivity index (χ1n) is 10.0. The lowest BCUT2D eigenvalue weighted by molar-refractivity contribution is 0.0746. The molecule has 0 unspecified atom stereocenters. The summed E-state index contributed by atoms with van der Waals surface area (Å²) < 4.78 is 0. The fourth-order valence-corrected chi connectivity index (χ4v) is 3.45. The number of nitrogens with two attached hydrogens (primary N) is 1. The van der Waals surface area contributed by atoms with Crippen molar-refractivity contribution in [2.24, 2.45) is 5.73 Å². The Balaban J connectivity index is 1.40. The highest BCUT2D eigenvalue weighted by molar-refractivity contribution is 5.94. The fourth-order valence-electron chi connectivity index (χ4n) is 3.45. The van der Waals surface area contributed by atoms with Gasteiger partial charge >= 0.3 is 0 Å². The molecule has 3 aromatic rings. The van der Waals surface area contributed by atoms with E-state index in [1.54, 1.807) is 41.7 Å². The van der Waals surface area contributed by atoms with Gasteiger partial charge < -0.3 is 20.6 Å². The van der Waals surface area contributed by atoms with E-state index in [0.29, 0.717) is 48.4 Å². The van der Waals surface area contributed by atoms with Crippen LogP contribution in [-0.2, 0) is 0 Å². The van der Waals surface area contributed by atoms with E-state index in [-0.39, 0.29) is 11.7 Å². The summed E-state index contributed by atoms with van der Waals surface area (Å²) in [6.07, 6.45) is 6.02. The number of hydrogen-bond acceptors (Lipinski definition) is 6. The molecule has 1 aliphatic heterocycles. The highest BCUT2D eigenvalue weighted by atomic mass is 16.3. The van der Waals surface area contributed by atoms with Gasteiger partial charge in [0.1, 0.15) is 5.75 Å². The smallest absolute Gasteiger partial charge is 0.255 e. The van der Waals surface area contributed by atoms with Gasteiger partial charge in [-0.15, -0.1) is 0 Å². The first kappa shape index (κ1) is 20.9. The normalized spacial score (nSPS) is 13.2. The van der Waals surface area contributed by atoms with Crippen molar-refractivity contribution in [3.05, 3.63) is 83.4 Å². The first-order valence-corrected chi connectivity index (χ1v) is 10.0. The van der Waals surface area contributed by atoms with Crippen molar-refractivity contribution < 1.29 is 14.7 Å². The van der Waals surface area contributed by atoms with E-state index in [2.05, 4.69) is 26.7 Å². The van der Waals surface area contributed by atoms with Crippen LogP contribution in [0.15, 0.2) is 61.2 Å². The van der Waals surface area contributed by atoms with E-state index in [4.69, 9.17) is 5.73 Å². The summed E-state index contributed by atoms with van der Waals surface area (Å²) in [5, 5.41) is 9.48. The highest BCUT2D eigenvalue weighted by Crippen LogP contribution is 2.18. The van der Waals surface area contributed by atoms with E-state index >= 15 is 0 Å². The Morgan fingerprint density at radius 3 is 2.09 bits per heavy atom. The average Bonchev–Trinajstić information content (AvgIpc) is 2.83. The van der Waals surface area contributed by atoms with Crippen molar-refractivity contribution >= 4 is 17.5 Å². The van der Waals surface area contributed by atoms with Crippen LogP contribution in [0.4, 0.5) is 5.69 Å². The number of carbonyl (C=O) groups is 2. The number of carbonyl (C=O) groups excluding carboxylic acids is 2. The largest absolute Gasteiger partial charge is 0.506 e. The van der Waals surface area contributed by atoms with Gasteiger partial charge in [0.2, 0.25) is 5.91 Å². The zero-order chi connectivity index (χ0) is 22.5. The summed E-state index contributed by atoms with van der Waals surface area (Å²) >= 11 is 0. The Morgan fingerprint density at radius 1 is 0.844 bits per heavy atom. The van der Waals surface area contributed by atoms with Crippen LogP contribution < -0.4 is 10.6 Å². The molecular weight excluding hydrogens is 406 g/mol. The molecule has 0 radical (unpaired) electrons. The van der Waals surface area contributed by atoms with Gasteiger partial charge in [-0.05, 0) is 36.4 Å². The lowest BCUT2D eigenvalue weighted by atomic mass is 10.1. The molecule has 3 heterocycles. The van der Waals surface area contributed by atoms with Gasteiger partial charge in [0.05, 0.1) is 11.8 Å². The minimum Gasteiger partial charge on any atom is -0.506 e. The van der Waals surface area contributed by atoms with Crippen molar-refractivity contribution in [3.63, 3.8) is 0 Å². The van der Waals surface area contributed by atoms with E-state index in [0.717, 1.165) is 5.69 Å². The minimum absolute atomic E-state index is 0.0433. The number of aromatic hydroxyl groups is 1. The molecule has 0 spiro atoms. The molecule has 0 bridgehead atoms. The molecule has 2 aromatic heterocycles. The van der Waals surface area contributed by atoms with Crippen molar-refractivity contribution in [1.29, 1.82) is 0 Å². The van der Waals surface area contributed by atoms with E-state index < -0.39 is 5.91 Å². The third kappa shape index (κ3) is 4.84. The lowest BCUT2D eigenvalue weighted by Gasteiger charge is -2.36. The van der Waals surface area contributed by atoms with E-state index in [1.165, 1.54) is 12.3 Å². The molecule has 32 heavy (non-hydrogen) atoms. The zero-order valence-corrected chi connectivity index (χ0v) is 17.2. The number of primary amides is 1. The summed E-state index contributed by atoms with van der Waals surface area (Å²) in [5.74, 6) is 5.36. The zero-order valence-electron chi connectivity index (χ0n) is 17.2. The van der Waals surface area contributed by atoms with Gasteiger partial charge in [0, 0.05) is 67.1 Å². The number of piperazine rings is 1. The van der Waals surface area contributed by atoms with Gasteiger partial charge in [-0.1, -0.05) is 11.8 Å². The number of nitrogens with zero attached hydrogens (tertiary/aromatic N) is 4. The van der Waals surface area contributed by atoms with Crippen molar-refractivity contribution in [3.8, 4) is 17.6 Å². The van der Waals surface area contributed by atoms with Gasteiger partial charge in [-0.2, -0.15) is 0 Å². The number of aromatic nitrogens is 2. The predicted molar refractivity (Wildman–Crippen MR) is 119 cm³/mol. The van der Waals surface area contributed by atoms with Crippen LogP contribution in [0, 0.1) is 11.8 Å². The van der Waals surface area contributed by atoms with E-state index in [1.807, 2.05) is 12.1 Å². The number of anilines is 1. The number of pyridine rings is 2. The van der Waals surface area contributed by atoms with E-state index in [9.17, 15) is 14.7 Å². The molecule has 4 rings (SSSR count). The molecule has 1 aliphatic rings. The SMILES string of the molecule is NC(=O)c1ccc(N2CCN(C(=O)c3cncc(C#Cc4cncc(O)c4)c3)CC2)cc1. The molecule has 3 N–H and O–H groups in total. The Labute approximate surface area is 185 Å². The summed E-state index contributed by atoms with van der Waals surface area (Å²) in [6, 6.07) is 10.4. The van der Waals surface area contributed by atoms with Crippen LogP contribution in [0.25, 0.3) is 0 Å². The van der Waals surface area contributed by atoms with Crippen LogP contribution in [0.1, 0.15) is 31.8 Å². The standard InChI is InChI=1S/C24H21N5O3/c25-23(31)19-3-5-21(6-4-19)28-7-9-29(10-8-28)24(32)20-11-17(13-26-15-20)1-2-18-12-22(30)16-27-14-18/h3-6,11-16,30H,7-10H2,(H2,25,31). The molecule has 160 valence electrons. The second-order valence-corrected chi connectivity index (χ2v) is 7.33. The van der Waals surface area contributed by atoms with Crippen molar-refractivity contribution in [2.75, 3.05) is 31.1 Å². The number of hydrogen-bond donors (Lipinski definition) is 2. The molecule has 0 saturated carbocycles. The summed E-state index contributed by atoms with van der Waals surface area (Å²) in [5.41, 5.74) is 8.40. The molecule has 8 heteroatoms. The Hall–Kier alpha value is -4.38. The maximum Gasteiger partial charge on any atom is 0.255 e. The maximum atomic E-state index is 13.0. The summed E-state index contributed by atoms with van der Waals surface area (Å²) in [4.78, 5) is 36.2. The highest BCUT2D eigenvalue weighted by Gasteiger charge is 2.22. The third-order valence-corrected chi connectivity index (χ3v) is 5.14. The number of benzene rings is 1. The quantitative estimate of drug-likeness (QED) is 0.615. The Kier molecular flexibility index (Phi) is 5.99. The third-order valence-electron chi connectivity index (χ3n) is 5.14. The second kappa shape index (κ2) is 9.18. The van der Waals surface area contributed by atoms with Crippen LogP contribution in [0.2, 0.25) is 0 Å². The van der Waals surface area contributed by atoms with Crippen LogP contribution in [0.3, 0.4) is 0 Å². The summed E-state index contributed by atoms with van der Waals surface area (Å²) in [6.45, 7) is 2.50. The number of amides is 2. The minimum atomic E-state index is -0.453. The lowest BCUT2D eigenvalue weighted by Crippen LogP contribution is -2.48. The van der Waals surface area contributed by atoms with Crippen molar-refractivity contribution in [2.45, 2.75) is 0 Å². The van der Waals surface area contributed by atoms with Crippen LogP contribution in [-0.4, -0.2) is 58.0 Å². The Bertz CT molecular complexity index is 1210. The topological polar surface area (TPSA) is 113 Å². The average molecular weight is 427 g/mol. The van der Waals surface area contributed by atoms with Crippen LogP contribution >= 0.6 is 0 Å². The monoisotopic (exact) mass is 427 g/mol. The Morgan fingerprint density at radius 2 is 1.47 bits per heavy atom. The van der Waals surface area contributed by atoms with Gasteiger partial charge in [0.25, 0.3) is 5.91 Å². The molecule has 1 aromatic carbocycles. The maximum absolute atomic E-state index is 13.0. The summed E-state index contributed by atoms with van der Waals surface area (Å²) in [7, 11) is 0. The van der Waals surface area contributed by atoms with Crippen molar-refractivity contribution in [1.82, 2.24) is 14.9 Å². The van der Waals surface area contributed by atoms with Gasteiger partial charge in [0.15, 0.2) is 0 Å². The van der Waals surface area contributed by atoms with Gasteiger partial charge in [-0.25, -0.2) is 0 Å².